The molecule has 0 spiro atoms. The van der Waals surface area contributed by atoms with Crippen LogP contribution >= 0.6 is 11.3 Å². The van der Waals surface area contributed by atoms with E-state index in [1.54, 1.807) is 48.0 Å². The van der Waals surface area contributed by atoms with Crippen LogP contribution in [0.3, 0.4) is 0 Å². The summed E-state index contributed by atoms with van der Waals surface area (Å²) in [6.45, 7) is 3.28. The normalized spacial score (nSPS) is 19.0. The minimum atomic E-state index is -3.66. The van der Waals surface area contributed by atoms with E-state index in [0.29, 0.717) is 26.7 Å². The zero-order chi connectivity index (χ0) is 20.7. The lowest BCUT2D eigenvalue weighted by Gasteiger charge is -2.38. The molecule has 0 unspecified atom stereocenters. The number of carbonyl (C=O) groups excluding carboxylic acids is 1. The van der Waals surface area contributed by atoms with Crippen molar-refractivity contribution in [2.45, 2.75) is 35.9 Å². The van der Waals surface area contributed by atoms with Crippen molar-refractivity contribution in [3.63, 3.8) is 0 Å². The van der Waals surface area contributed by atoms with Crippen LogP contribution in [0.15, 0.2) is 52.2 Å². The Morgan fingerprint density at radius 1 is 0.967 bits per heavy atom. The number of thiophene rings is 1. The molecule has 1 aliphatic heterocycles. The second kappa shape index (κ2) is 7.83. The van der Waals surface area contributed by atoms with Gasteiger partial charge in [-0.15, -0.1) is 11.3 Å². The molecule has 2 aromatic heterocycles. The molecular formula is C22H25N3O3S2. The summed E-state index contributed by atoms with van der Waals surface area (Å²) in [6.07, 6.45) is 6.74. The first kappa shape index (κ1) is 19.8. The fourth-order valence-electron chi connectivity index (χ4n) is 4.78. The van der Waals surface area contributed by atoms with E-state index in [1.165, 1.54) is 41.0 Å². The zero-order valence-corrected chi connectivity index (χ0v) is 18.4. The zero-order valence-electron chi connectivity index (χ0n) is 16.7. The molecule has 6 nitrogen and oxygen atoms in total. The summed E-state index contributed by atoms with van der Waals surface area (Å²) in [5.41, 5.74) is 1.11. The van der Waals surface area contributed by atoms with Gasteiger partial charge in [0.2, 0.25) is 0 Å². The molecule has 3 aromatic rings. The van der Waals surface area contributed by atoms with E-state index in [4.69, 9.17) is 0 Å². The summed E-state index contributed by atoms with van der Waals surface area (Å²) in [5, 5.41) is 2.43. The van der Waals surface area contributed by atoms with Crippen LogP contribution in [0.1, 0.15) is 36.0 Å². The number of benzene rings is 1. The molecule has 5 rings (SSSR count). The van der Waals surface area contributed by atoms with Gasteiger partial charge in [0.15, 0.2) is 0 Å². The highest BCUT2D eigenvalue weighted by molar-refractivity contribution is 7.92. The molecule has 0 N–H and O–H groups in total. The van der Waals surface area contributed by atoms with Gasteiger partial charge in [-0.1, -0.05) is 25.0 Å². The van der Waals surface area contributed by atoms with E-state index >= 15 is 0 Å². The van der Waals surface area contributed by atoms with Crippen molar-refractivity contribution in [3.8, 4) is 0 Å². The lowest BCUT2D eigenvalue weighted by molar-refractivity contribution is 0.0575. The number of hydrogen-bond donors (Lipinski definition) is 0. The molecule has 2 aliphatic rings. The molecular weight excluding hydrogens is 418 g/mol. The fraction of sp³-hybridized carbons (Fsp3) is 0.409. The summed E-state index contributed by atoms with van der Waals surface area (Å²) in [7, 11) is -3.66. The van der Waals surface area contributed by atoms with E-state index in [-0.39, 0.29) is 5.91 Å². The first-order valence-electron chi connectivity index (χ1n) is 10.5. The van der Waals surface area contributed by atoms with Crippen LogP contribution in [0.4, 0.5) is 0 Å². The van der Waals surface area contributed by atoms with E-state index in [0.717, 1.165) is 26.2 Å². The van der Waals surface area contributed by atoms with Gasteiger partial charge in [0.25, 0.3) is 15.9 Å². The predicted octanol–water partition coefficient (Wildman–Crippen LogP) is 3.64. The first-order chi connectivity index (χ1) is 14.6. The molecule has 2 fully saturated rings. The molecule has 8 heteroatoms. The Kier molecular flexibility index (Phi) is 5.16. The average molecular weight is 444 g/mol. The number of piperazine rings is 1. The van der Waals surface area contributed by atoms with Crippen LogP contribution in [-0.2, 0) is 10.0 Å². The van der Waals surface area contributed by atoms with Gasteiger partial charge in [0.05, 0.1) is 5.52 Å². The Morgan fingerprint density at radius 2 is 1.73 bits per heavy atom. The molecule has 1 aromatic carbocycles. The smallest absolute Gasteiger partial charge is 0.277 e. The summed E-state index contributed by atoms with van der Waals surface area (Å²) < 4.78 is 27.5. The third-order valence-corrected chi connectivity index (χ3v) is 9.44. The van der Waals surface area contributed by atoms with E-state index in [9.17, 15) is 13.2 Å². The van der Waals surface area contributed by atoms with Gasteiger partial charge >= 0.3 is 0 Å². The Balaban J connectivity index is 1.40. The molecule has 158 valence electrons. The van der Waals surface area contributed by atoms with Crippen molar-refractivity contribution < 1.29 is 13.2 Å². The van der Waals surface area contributed by atoms with Gasteiger partial charge in [-0.3, -0.25) is 9.69 Å². The number of nitrogens with zero attached hydrogens (tertiary/aromatic N) is 3. The predicted molar refractivity (Wildman–Crippen MR) is 119 cm³/mol. The number of carbonyl (C=O) groups is 1. The molecule has 1 saturated carbocycles. The minimum absolute atomic E-state index is 0.0158. The molecule has 3 heterocycles. The van der Waals surface area contributed by atoms with E-state index in [1.807, 2.05) is 4.90 Å². The molecule has 1 amide bonds. The summed E-state index contributed by atoms with van der Waals surface area (Å²) in [6, 6.07) is 11.1. The summed E-state index contributed by atoms with van der Waals surface area (Å²) >= 11 is 1.19. The van der Waals surface area contributed by atoms with Crippen molar-refractivity contribution >= 4 is 38.2 Å². The summed E-state index contributed by atoms with van der Waals surface area (Å²) in [4.78, 5) is 17.7. The number of hydrogen-bond acceptors (Lipinski definition) is 5. The van der Waals surface area contributed by atoms with E-state index < -0.39 is 10.0 Å². The van der Waals surface area contributed by atoms with Gasteiger partial charge in [0.1, 0.15) is 4.21 Å². The number of rotatable bonds is 4. The second-order valence-corrected chi connectivity index (χ2v) is 11.0. The Bertz CT molecular complexity index is 1150. The maximum absolute atomic E-state index is 13.3. The first-order valence-corrected chi connectivity index (χ1v) is 12.8. The maximum Gasteiger partial charge on any atom is 0.277 e. The van der Waals surface area contributed by atoms with Crippen LogP contribution < -0.4 is 0 Å². The quantitative estimate of drug-likeness (QED) is 0.618. The number of aromatic nitrogens is 1. The maximum atomic E-state index is 13.3. The topological polar surface area (TPSA) is 62.6 Å². The molecule has 0 bridgehead atoms. The molecule has 30 heavy (non-hydrogen) atoms. The van der Waals surface area contributed by atoms with Gasteiger partial charge in [-0.25, -0.2) is 3.97 Å². The number of fused-ring (bicyclic) bond motifs is 1. The van der Waals surface area contributed by atoms with Gasteiger partial charge < -0.3 is 4.90 Å². The summed E-state index contributed by atoms with van der Waals surface area (Å²) in [5.74, 6) is -0.0158. The van der Waals surface area contributed by atoms with Crippen LogP contribution in [0.2, 0.25) is 0 Å². The standard InChI is InChI=1S/C22H25N3O3S2/c26-22(24-14-12-23(13-15-24)17-5-1-2-6-17)19-7-3-8-20-18(19)10-11-25(20)30(27,28)21-9-4-16-29-21/h3-4,7-11,16-17H,1-2,5-6,12-15H2. The van der Waals surface area contributed by atoms with Crippen molar-refractivity contribution in [2.24, 2.45) is 0 Å². The largest absolute Gasteiger partial charge is 0.336 e. The highest BCUT2D eigenvalue weighted by Gasteiger charge is 2.29. The monoisotopic (exact) mass is 443 g/mol. The van der Waals surface area contributed by atoms with Crippen LogP contribution in [0.5, 0.6) is 0 Å². The second-order valence-electron chi connectivity index (χ2n) is 8.05. The Labute approximate surface area is 180 Å². The molecule has 0 radical (unpaired) electrons. The van der Waals surface area contributed by atoms with Crippen LogP contribution in [0.25, 0.3) is 10.9 Å². The highest BCUT2D eigenvalue weighted by Crippen LogP contribution is 2.28. The lowest BCUT2D eigenvalue weighted by atomic mass is 10.1. The van der Waals surface area contributed by atoms with Crippen LogP contribution in [0, 0.1) is 0 Å². The van der Waals surface area contributed by atoms with Gasteiger partial charge in [-0.2, -0.15) is 8.42 Å². The van der Waals surface area contributed by atoms with Crippen molar-refractivity contribution in [2.75, 3.05) is 26.2 Å². The van der Waals surface area contributed by atoms with Gasteiger partial charge in [0, 0.05) is 49.4 Å². The Morgan fingerprint density at radius 3 is 2.43 bits per heavy atom. The number of amides is 1. The molecule has 1 saturated heterocycles. The fourth-order valence-corrected chi connectivity index (χ4v) is 7.20. The van der Waals surface area contributed by atoms with Crippen molar-refractivity contribution in [3.05, 3.63) is 53.5 Å². The third-order valence-electron chi connectivity index (χ3n) is 6.38. The average Bonchev–Trinajstić information content (AvgIpc) is 3.54. The SMILES string of the molecule is O=C(c1cccc2c1ccn2S(=O)(=O)c1cccs1)N1CCN(C2CCCC2)CC1. The molecule has 1 aliphatic carbocycles. The van der Waals surface area contributed by atoms with Crippen molar-refractivity contribution in [1.29, 1.82) is 0 Å². The minimum Gasteiger partial charge on any atom is -0.336 e. The van der Waals surface area contributed by atoms with Crippen molar-refractivity contribution in [1.82, 2.24) is 13.8 Å². The lowest BCUT2D eigenvalue weighted by Crippen LogP contribution is -2.51. The highest BCUT2D eigenvalue weighted by atomic mass is 32.2. The van der Waals surface area contributed by atoms with E-state index in [2.05, 4.69) is 4.90 Å². The van der Waals surface area contributed by atoms with Crippen LogP contribution in [-0.4, -0.2) is 60.3 Å². The molecule has 0 atom stereocenters. The third kappa shape index (κ3) is 3.36. The van der Waals surface area contributed by atoms with Gasteiger partial charge in [-0.05, 0) is 42.5 Å². The Hall–Kier alpha value is -2.16.